The average Bonchev–Trinajstić information content (AvgIpc) is 2.55. The van der Waals surface area contributed by atoms with Crippen molar-refractivity contribution >= 4 is 21.7 Å². The molecule has 4 heteroatoms. The van der Waals surface area contributed by atoms with Crippen LogP contribution >= 0.6 is 0 Å². The summed E-state index contributed by atoms with van der Waals surface area (Å²) >= 11 is 0. The van der Waals surface area contributed by atoms with Gasteiger partial charge in [0.25, 0.3) is 0 Å². The van der Waals surface area contributed by atoms with E-state index in [0.717, 1.165) is 27.2 Å². The summed E-state index contributed by atoms with van der Waals surface area (Å²) in [6, 6.07) is 9.87. The molecule has 0 fully saturated rings. The number of pyridine rings is 2. The molecule has 0 saturated heterocycles. The molecule has 0 radical (unpaired) electrons. The van der Waals surface area contributed by atoms with Crippen molar-refractivity contribution in [2.75, 3.05) is 0 Å². The predicted molar refractivity (Wildman–Crippen MR) is 78.1 cm³/mol. The van der Waals surface area contributed by atoms with E-state index in [-0.39, 0.29) is 0 Å². The fraction of sp³-hybridized carbons (Fsp3) is 0. The van der Waals surface area contributed by atoms with Crippen LogP contribution in [0.2, 0.25) is 0 Å². The summed E-state index contributed by atoms with van der Waals surface area (Å²) in [5.41, 5.74) is 1.85. The Morgan fingerprint density at radius 3 is 2.60 bits per heavy atom. The van der Waals surface area contributed by atoms with Gasteiger partial charge >= 0.3 is 0 Å². The molecule has 94 valence electrons. The minimum Gasteiger partial charge on any atom is -0.264 e. The van der Waals surface area contributed by atoms with Gasteiger partial charge in [0.05, 0.1) is 5.52 Å². The molecule has 0 aliphatic heterocycles. The summed E-state index contributed by atoms with van der Waals surface area (Å²) < 4.78 is 0. The fourth-order valence-electron chi connectivity index (χ4n) is 2.32. The van der Waals surface area contributed by atoms with Crippen LogP contribution in [0.3, 0.4) is 0 Å². The van der Waals surface area contributed by atoms with Crippen LogP contribution in [-0.4, -0.2) is 19.9 Å². The molecule has 1 aromatic carbocycles. The Balaban J connectivity index is 1.99. The van der Waals surface area contributed by atoms with Crippen LogP contribution in [-0.2, 0) is 0 Å². The lowest BCUT2D eigenvalue weighted by molar-refractivity contribution is 1.21. The van der Waals surface area contributed by atoms with Crippen LogP contribution in [0.4, 0.5) is 0 Å². The number of rotatable bonds is 1. The highest BCUT2D eigenvalue weighted by Crippen LogP contribution is 2.24. The van der Waals surface area contributed by atoms with Crippen LogP contribution in [0.15, 0.2) is 61.3 Å². The van der Waals surface area contributed by atoms with E-state index in [1.165, 1.54) is 0 Å². The van der Waals surface area contributed by atoms with E-state index in [1.54, 1.807) is 18.6 Å². The van der Waals surface area contributed by atoms with Gasteiger partial charge in [0, 0.05) is 47.3 Å². The van der Waals surface area contributed by atoms with Gasteiger partial charge in [0.1, 0.15) is 0 Å². The Labute approximate surface area is 115 Å². The van der Waals surface area contributed by atoms with Crippen LogP contribution in [0.1, 0.15) is 0 Å². The molecule has 4 nitrogen and oxygen atoms in total. The van der Waals surface area contributed by atoms with Gasteiger partial charge in [-0.25, -0.2) is 9.97 Å². The second-order valence-electron chi connectivity index (χ2n) is 4.53. The summed E-state index contributed by atoms with van der Waals surface area (Å²) in [6.07, 6.45) is 9.02. The van der Waals surface area contributed by atoms with Gasteiger partial charge < -0.3 is 0 Å². The first kappa shape index (κ1) is 11.0. The summed E-state index contributed by atoms with van der Waals surface area (Å²) in [5, 5.41) is 3.26. The van der Waals surface area contributed by atoms with E-state index in [1.807, 2.05) is 42.7 Å². The first-order valence-electron chi connectivity index (χ1n) is 6.32. The molecule has 0 aliphatic rings. The summed E-state index contributed by atoms with van der Waals surface area (Å²) in [4.78, 5) is 17.3. The van der Waals surface area contributed by atoms with Crippen LogP contribution < -0.4 is 0 Å². The quantitative estimate of drug-likeness (QED) is 0.492. The Kier molecular flexibility index (Phi) is 2.39. The Hall–Kier alpha value is -2.88. The largest absolute Gasteiger partial charge is 0.264 e. The zero-order chi connectivity index (χ0) is 13.4. The van der Waals surface area contributed by atoms with Gasteiger partial charge in [-0.15, -0.1) is 0 Å². The summed E-state index contributed by atoms with van der Waals surface area (Å²) in [6.45, 7) is 0. The number of aromatic nitrogens is 4. The maximum atomic E-state index is 4.62. The molecule has 20 heavy (non-hydrogen) atoms. The Morgan fingerprint density at radius 1 is 0.750 bits per heavy atom. The number of benzene rings is 1. The number of hydrogen-bond donors (Lipinski definition) is 0. The van der Waals surface area contributed by atoms with E-state index >= 15 is 0 Å². The van der Waals surface area contributed by atoms with Crippen molar-refractivity contribution in [2.24, 2.45) is 0 Å². The highest BCUT2D eigenvalue weighted by Gasteiger charge is 2.05. The molecule has 0 unspecified atom stereocenters. The second kappa shape index (κ2) is 4.35. The van der Waals surface area contributed by atoms with Crippen molar-refractivity contribution in [3.05, 3.63) is 61.3 Å². The van der Waals surface area contributed by atoms with E-state index in [0.29, 0.717) is 5.82 Å². The standard InChI is InChI=1S/C16H10N4/c1-2-12(9-17-6-1)16-19-10-14-13-5-7-18-8-11(13)3-4-15(14)20-16/h1-10H. The van der Waals surface area contributed by atoms with Crippen molar-refractivity contribution in [1.29, 1.82) is 0 Å². The molecule has 0 atom stereocenters. The smallest absolute Gasteiger partial charge is 0.161 e. The van der Waals surface area contributed by atoms with E-state index < -0.39 is 0 Å². The topological polar surface area (TPSA) is 51.6 Å². The lowest BCUT2D eigenvalue weighted by Gasteiger charge is -2.04. The summed E-state index contributed by atoms with van der Waals surface area (Å²) in [7, 11) is 0. The first-order valence-corrected chi connectivity index (χ1v) is 6.32. The van der Waals surface area contributed by atoms with Gasteiger partial charge in [-0.2, -0.15) is 0 Å². The van der Waals surface area contributed by atoms with E-state index in [9.17, 15) is 0 Å². The van der Waals surface area contributed by atoms with Crippen molar-refractivity contribution in [3.8, 4) is 11.4 Å². The van der Waals surface area contributed by atoms with Gasteiger partial charge in [-0.1, -0.05) is 6.07 Å². The maximum absolute atomic E-state index is 4.62. The van der Waals surface area contributed by atoms with Gasteiger partial charge in [0.15, 0.2) is 5.82 Å². The molecule has 0 spiro atoms. The highest BCUT2D eigenvalue weighted by atomic mass is 14.9. The summed E-state index contributed by atoms with van der Waals surface area (Å²) in [5.74, 6) is 0.694. The van der Waals surface area contributed by atoms with Crippen LogP contribution in [0.25, 0.3) is 33.1 Å². The molecular weight excluding hydrogens is 248 g/mol. The normalized spacial score (nSPS) is 11.0. The SMILES string of the molecule is c1cncc(-c2ncc3c(ccc4cnccc43)n2)c1. The first-order chi connectivity index (χ1) is 9.92. The van der Waals surface area contributed by atoms with Gasteiger partial charge in [-0.3, -0.25) is 9.97 Å². The zero-order valence-corrected chi connectivity index (χ0v) is 10.6. The van der Waals surface area contributed by atoms with Gasteiger partial charge in [-0.05, 0) is 29.7 Å². The minimum absolute atomic E-state index is 0.694. The second-order valence-corrected chi connectivity index (χ2v) is 4.53. The van der Waals surface area contributed by atoms with Crippen LogP contribution in [0.5, 0.6) is 0 Å². The third-order valence-electron chi connectivity index (χ3n) is 3.30. The molecule has 3 heterocycles. The number of hydrogen-bond acceptors (Lipinski definition) is 4. The van der Waals surface area contributed by atoms with E-state index in [2.05, 4.69) is 19.9 Å². The third-order valence-corrected chi connectivity index (χ3v) is 3.30. The molecular formula is C16H10N4. The molecule has 0 amide bonds. The molecule has 4 rings (SSSR count). The number of nitrogens with zero attached hydrogens (tertiary/aromatic N) is 4. The monoisotopic (exact) mass is 258 g/mol. The average molecular weight is 258 g/mol. The minimum atomic E-state index is 0.694. The molecule has 0 aliphatic carbocycles. The van der Waals surface area contributed by atoms with Crippen molar-refractivity contribution in [3.63, 3.8) is 0 Å². The molecule has 3 aromatic heterocycles. The number of fused-ring (bicyclic) bond motifs is 3. The van der Waals surface area contributed by atoms with Crippen molar-refractivity contribution < 1.29 is 0 Å². The molecule has 0 saturated carbocycles. The molecule has 0 bridgehead atoms. The van der Waals surface area contributed by atoms with Crippen LogP contribution in [0, 0.1) is 0 Å². The lowest BCUT2D eigenvalue weighted by Crippen LogP contribution is -1.91. The predicted octanol–water partition coefficient (Wildman–Crippen LogP) is 3.24. The maximum Gasteiger partial charge on any atom is 0.161 e. The van der Waals surface area contributed by atoms with Crippen molar-refractivity contribution in [2.45, 2.75) is 0 Å². The van der Waals surface area contributed by atoms with Gasteiger partial charge in [0.2, 0.25) is 0 Å². The lowest BCUT2D eigenvalue weighted by atomic mass is 10.1. The zero-order valence-electron chi connectivity index (χ0n) is 10.6. The highest BCUT2D eigenvalue weighted by molar-refractivity contribution is 6.05. The van der Waals surface area contributed by atoms with E-state index in [4.69, 9.17) is 0 Å². The molecule has 4 aromatic rings. The fourth-order valence-corrected chi connectivity index (χ4v) is 2.32. The third kappa shape index (κ3) is 1.70. The Bertz CT molecular complexity index is 904. The Morgan fingerprint density at radius 2 is 1.70 bits per heavy atom. The van der Waals surface area contributed by atoms with Crippen molar-refractivity contribution in [1.82, 2.24) is 19.9 Å². The molecule has 0 N–H and O–H groups in total.